The molecule has 0 spiro atoms. The van der Waals surface area contributed by atoms with Crippen LogP contribution in [0.25, 0.3) is 0 Å². The fourth-order valence-electron chi connectivity index (χ4n) is 3.46. The van der Waals surface area contributed by atoms with Crippen molar-refractivity contribution in [3.63, 3.8) is 0 Å². The lowest BCUT2D eigenvalue weighted by Gasteiger charge is -2.17. The van der Waals surface area contributed by atoms with E-state index in [4.69, 9.17) is 16.3 Å². The molecule has 1 N–H and O–H groups in total. The summed E-state index contributed by atoms with van der Waals surface area (Å²) >= 11 is 5.70. The van der Waals surface area contributed by atoms with Crippen molar-refractivity contribution in [3.05, 3.63) is 34.3 Å². The zero-order valence-corrected chi connectivity index (χ0v) is 12.2. The lowest BCUT2D eigenvalue weighted by Crippen LogP contribution is -2.17. The van der Waals surface area contributed by atoms with Crippen molar-refractivity contribution in [1.82, 2.24) is 5.32 Å². The number of halogens is 4. The van der Waals surface area contributed by atoms with Gasteiger partial charge in [0.2, 0.25) is 0 Å². The maximum atomic E-state index is 13.0. The standard InChI is InChI=1S/C15H17ClF3NO/c16-13-3-1-2-9(14(13)15(17,18)19)8-21-12-4-10-6-20-7-11(10)5-12/h1-3,10-12,20H,4-8H2/t10-,11+,12-. The largest absolute Gasteiger partial charge is 0.418 e. The molecule has 3 atom stereocenters. The molecule has 1 aliphatic heterocycles. The number of fused-ring (bicyclic) bond motifs is 1. The van der Waals surface area contributed by atoms with Gasteiger partial charge in [-0.2, -0.15) is 13.2 Å². The van der Waals surface area contributed by atoms with Crippen LogP contribution in [0.5, 0.6) is 0 Å². The van der Waals surface area contributed by atoms with E-state index in [1.807, 2.05) is 0 Å². The number of hydrogen-bond donors (Lipinski definition) is 1. The predicted molar refractivity (Wildman–Crippen MR) is 74.1 cm³/mol. The summed E-state index contributed by atoms with van der Waals surface area (Å²) in [5.74, 6) is 1.22. The molecule has 116 valence electrons. The summed E-state index contributed by atoms with van der Waals surface area (Å²) in [5.41, 5.74) is -0.656. The number of hydrogen-bond acceptors (Lipinski definition) is 2. The monoisotopic (exact) mass is 319 g/mol. The van der Waals surface area contributed by atoms with E-state index < -0.39 is 11.7 Å². The number of rotatable bonds is 3. The highest BCUT2D eigenvalue weighted by molar-refractivity contribution is 6.31. The van der Waals surface area contributed by atoms with Gasteiger partial charge in [0.25, 0.3) is 0 Å². The van der Waals surface area contributed by atoms with Gasteiger partial charge in [0.05, 0.1) is 23.3 Å². The number of alkyl halides is 3. The molecule has 1 aromatic carbocycles. The molecule has 1 heterocycles. The molecule has 21 heavy (non-hydrogen) atoms. The van der Waals surface area contributed by atoms with E-state index in [9.17, 15) is 13.2 Å². The Morgan fingerprint density at radius 3 is 2.48 bits per heavy atom. The lowest BCUT2D eigenvalue weighted by molar-refractivity contribution is -0.139. The van der Waals surface area contributed by atoms with Crippen LogP contribution >= 0.6 is 11.6 Å². The first-order valence-corrected chi connectivity index (χ1v) is 7.50. The molecule has 0 amide bonds. The van der Waals surface area contributed by atoms with Crippen molar-refractivity contribution in [1.29, 1.82) is 0 Å². The van der Waals surface area contributed by atoms with Crippen LogP contribution in [0.15, 0.2) is 18.2 Å². The van der Waals surface area contributed by atoms with E-state index >= 15 is 0 Å². The Hall–Kier alpha value is -0.780. The molecule has 2 aliphatic rings. The topological polar surface area (TPSA) is 21.3 Å². The minimum absolute atomic E-state index is 0.0348. The van der Waals surface area contributed by atoms with Crippen LogP contribution in [-0.2, 0) is 17.5 Å². The average Bonchev–Trinajstić information content (AvgIpc) is 2.95. The van der Waals surface area contributed by atoms with Crippen molar-refractivity contribution < 1.29 is 17.9 Å². The second-order valence-electron chi connectivity index (χ2n) is 5.85. The van der Waals surface area contributed by atoms with E-state index in [1.54, 1.807) is 0 Å². The zero-order chi connectivity index (χ0) is 15.0. The first-order chi connectivity index (χ1) is 9.95. The molecule has 0 bridgehead atoms. The van der Waals surface area contributed by atoms with Crippen LogP contribution in [0.1, 0.15) is 24.0 Å². The first kappa shape index (κ1) is 15.1. The third-order valence-electron chi connectivity index (χ3n) is 4.47. The molecule has 1 aromatic rings. The van der Waals surface area contributed by atoms with Crippen LogP contribution in [0.4, 0.5) is 13.2 Å². The molecular formula is C15H17ClF3NO. The molecule has 1 saturated heterocycles. The average molecular weight is 320 g/mol. The highest BCUT2D eigenvalue weighted by atomic mass is 35.5. The van der Waals surface area contributed by atoms with E-state index in [0.717, 1.165) is 25.9 Å². The van der Waals surface area contributed by atoms with Gasteiger partial charge in [-0.15, -0.1) is 0 Å². The Morgan fingerprint density at radius 2 is 1.86 bits per heavy atom. The molecule has 2 nitrogen and oxygen atoms in total. The van der Waals surface area contributed by atoms with Gasteiger partial charge in [0.15, 0.2) is 0 Å². The van der Waals surface area contributed by atoms with Gasteiger partial charge in [-0.25, -0.2) is 0 Å². The fourth-order valence-corrected chi connectivity index (χ4v) is 3.76. The van der Waals surface area contributed by atoms with Gasteiger partial charge in [-0.1, -0.05) is 23.7 Å². The summed E-state index contributed by atoms with van der Waals surface area (Å²) in [6.07, 6.45) is -2.53. The minimum atomic E-state index is -4.45. The molecule has 0 unspecified atom stereocenters. The highest BCUT2D eigenvalue weighted by Gasteiger charge is 2.39. The van der Waals surface area contributed by atoms with Gasteiger partial charge in [-0.05, 0) is 49.4 Å². The number of nitrogens with one attached hydrogen (secondary N) is 1. The Morgan fingerprint density at radius 1 is 1.19 bits per heavy atom. The van der Waals surface area contributed by atoms with E-state index in [2.05, 4.69) is 5.32 Å². The van der Waals surface area contributed by atoms with Crippen molar-refractivity contribution in [2.24, 2.45) is 11.8 Å². The molecule has 1 saturated carbocycles. The summed E-state index contributed by atoms with van der Waals surface area (Å²) in [4.78, 5) is 0. The smallest absolute Gasteiger partial charge is 0.374 e. The molecule has 3 rings (SSSR count). The Bertz CT molecular complexity index is 508. The van der Waals surface area contributed by atoms with E-state index in [0.29, 0.717) is 11.8 Å². The lowest BCUT2D eigenvalue weighted by atomic mass is 10.0. The SMILES string of the molecule is FC(F)(F)c1c(Cl)cccc1CO[C@H]1C[C@H]2CNC[C@H]2C1. The van der Waals surface area contributed by atoms with Crippen LogP contribution in [-0.4, -0.2) is 19.2 Å². The van der Waals surface area contributed by atoms with E-state index in [1.165, 1.54) is 18.2 Å². The molecule has 0 aromatic heterocycles. The van der Waals surface area contributed by atoms with Crippen molar-refractivity contribution >= 4 is 11.6 Å². The van der Waals surface area contributed by atoms with Gasteiger partial charge in [0, 0.05) is 0 Å². The Labute approximate surface area is 126 Å². The normalized spacial score (nSPS) is 28.9. The molecule has 2 fully saturated rings. The first-order valence-electron chi connectivity index (χ1n) is 7.12. The fraction of sp³-hybridized carbons (Fsp3) is 0.600. The zero-order valence-electron chi connectivity index (χ0n) is 11.4. The predicted octanol–water partition coefficient (Wildman–Crippen LogP) is 3.87. The summed E-state index contributed by atoms with van der Waals surface area (Å²) in [7, 11) is 0. The van der Waals surface area contributed by atoms with Crippen LogP contribution in [0.2, 0.25) is 5.02 Å². The van der Waals surface area contributed by atoms with Crippen LogP contribution in [0.3, 0.4) is 0 Å². The maximum absolute atomic E-state index is 13.0. The third-order valence-corrected chi connectivity index (χ3v) is 4.78. The molecule has 0 radical (unpaired) electrons. The second-order valence-corrected chi connectivity index (χ2v) is 6.26. The summed E-state index contributed by atoms with van der Waals surface area (Å²) in [6.45, 7) is 1.96. The van der Waals surface area contributed by atoms with E-state index in [-0.39, 0.29) is 23.3 Å². The van der Waals surface area contributed by atoms with Gasteiger partial charge >= 0.3 is 6.18 Å². The molecular weight excluding hydrogens is 303 g/mol. The van der Waals surface area contributed by atoms with Gasteiger partial charge < -0.3 is 10.1 Å². The van der Waals surface area contributed by atoms with Crippen LogP contribution < -0.4 is 5.32 Å². The van der Waals surface area contributed by atoms with Crippen molar-refractivity contribution in [2.75, 3.05) is 13.1 Å². The number of ether oxygens (including phenoxy) is 1. The molecule has 6 heteroatoms. The number of benzene rings is 1. The van der Waals surface area contributed by atoms with Gasteiger partial charge in [0.1, 0.15) is 0 Å². The van der Waals surface area contributed by atoms with Crippen molar-refractivity contribution in [3.8, 4) is 0 Å². The summed E-state index contributed by atoms with van der Waals surface area (Å²) < 4.78 is 44.9. The summed E-state index contributed by atoms with van der Waals surface area (Å²) in [5, 5.41) is 3.07. The third kappa shape index (κ3) is 3.20. The Kier molecular flexibility index (Phi) is 4.17. The summed E-state index contributed by atoms with van der Waals surface area (Å²) in [6, 6.07) is 4.23. The minimum Gasteiger partial charge on any atom is -0.374 e. The highest BCUT2D eigenvalue weighted by Crippen LogP contribution is 2.39. The maximum Gasteiger partial charge on any atom is 0.418 e. The molecule has 1 aliphatic carbocycles. The van der Waals surface area contributed by atoms with Crippen LogP contribution in [0, 0.1) is 11.8 Å². The van der Waals surface area contributed by atoms with Crippen molar-refractivity contribution in [2.45, 2.75) is 31.7 Å². The second kappa shape index (κ2) is 5.78. The quantitative estimate of drug-likeness (QED) is 0.913. The van der Waals surface area contributed by atoms with Gasteiger partial charge in [-0.3, -0.25) is 0 Å². The Balaban J connectivity index is 1.67.